The Morgan fingerprint density at radius 3 is 2.91 bits per heavy atom. The van der Waals surface area contributed by atoms with Gasteiger partial charge in [0.05, 0.1) is 24.3 Å². The minimum absolute atomic E-state index is 0.289. The van der Waals surface area contributed by atoms with Crippen molar-refractivity contribution in [2.45, 2.75) is 18.9 Å². The molecule has 1 aliphatic carbocycles. The highest BCUT2D eigenvalue weighted by Crippen LogP contribution is 2.40. The van der Waals surface area contributed by atoms with Crippen molar-refractivity contribution in [3.8, 4) is 0 Å². The van der Waals surface area contributed by atoms with Crippen molar-refractivity contribution < 1.29 is 5.11 Å². The molecule has 0 radical (unpaired) electrons. The summed E-state index contributed by atoms with van der Waals surface area (Å²) in [4.78, 5) is 3.96. The topological polar surface area (TPSA) is 38.0 Å². The first-order valence-electron chi connectivity index (χ1n) is 3.93. The number of imidazole rings is 1. The third kappa shape index (κ3) is 1.16. The molecule has 0 saturated heterocycles. The summed E-state index contributed by atoms with van der Waals surface area (Å²) in [6.45, 7) is 0. The molecule has 1 aromatic rings. The standard InChI is InChI=1S/C8H12N2O/c1-10-5-9-4-7(10)8(11)6-2-3-6/h4-6,8,11H,2-3H2,1H3. The molecule has 1 heterocycles. The summed E-state index contributed by atoms with van der Waals surface area (Å²) in [6.07, 6.45) is 5.49. The molecule has 0 aromatic carbocycles. The van der Waals surface area contributed by atoms with Gasteiger partial charge in [-0.05, 0) is 18.8 Å². The van der Waals surface area contributed by atoms with E-state index in [-0.39, 0.29) is 6.10 Å². The molecule has 2 rings (SSSR count). The molecule has 1 N–H and O–H groups in total. The fourth-order valence-corrected chi connectivity index (χ4v) is 1.31. The third-order valence-electron chi connectivity index (χ3n) is 2.23. The zero-order valence-corrected chi connectivity index (χ0v) is 6.57. The molecule has 1 aliphatic rings. The summed E-state index contributed by atoms with van der Waals surface area (Å²) in [5, 5.41) is 9.67. The minimum Gasteiger partial charge on any atom is -0.387 e. The Morgan fingerprint density at radius 2 is 2.45 bits per heavy atom. The number of aryl methyl sites for hydroxylation is 1. The molecule has 3 nitrogen and oxygen atoms in total. The van der Waals surface area contributed by atoms with Crippen LogP contribution in [0.1, 0.15) is 24.6 Å². The number of aliphatic hydroxyl groups excluding tert-OH is 1. The second-order valence-corrected chi connectivity index (χ2v) is 3.21. The van der Waals surface area contributed by atoms with Crippen LogP contribution < -0.4 is 0 Å². The van der Waals surface area contributed by atoms with E-state index in [9.17, 15) is 5.11 Å². The number of aliphatic hydroxyl groups is 1. The molecule has 1 atom stereocenters. The maximum atomic E-state index is 9.67. The van der Waals surface area contributed by atoms with Crippen LogP contribution in [0.3, 0.4) is 0 Å². The van der Waals surface area contributed by atoms with Crippen molar-refractivity contribution in [1.29, 1.82) is 0 Å². The Bertz CT molecular complexity index is 252. The molecule has 0 aliphatic heterocycles. The Kier molecular flexibility index (Phi) is 1.46. The SMILES string of the molecule is Cn1cncc1C(O)C1CC1. The highest BCUT2D eigenvalue weighted by molar-refractivity contribution is 5.06. The summed E-state index contributed by atoms with van der Waals surface area (Å²) in [7, 11) is 1.91. The average molecular weight is 152 g/mol. The summed E-state index contributed by atoms with van der Waals surface area (Å²) in [6, 6.07) is 0. The molecule has 1 unspecified atom stereocenters. The number of hydrogen-bond acceptors (Lipinski definition) is 2. The molecule has 60 valence electrons. The lowest BCUT2D eigenvalue weighted by Gasteiger charge is -2.08. The van der Waals surface area contributed by atoms with Gasteiger partial charge in [0, 0.05) is 7.05 Å². The predicted octanol–water partition coefficient (Wildman–Crippen LogP) is 0.863. The molecular weight excluding hydrogens is 140 g/mol. The van der Waals surface area contributed by atoms with Gasteiger partial charge in [-0.1, -0.05) is 0 Å². The van der Waals surface area contributed by atoms with E-state index in [1.807, 2.05) is 11.6 Å². The lowest BCUT2D eigenvalue weighted by molar-refractivity contribution is 0.146. The van der Waals surface area contributed by atoms with Gasteiger partial charge in [-0.15, -0.1) is 0 Å². The van der Waals surface area contributed by atoms with Crippen LogP contribution in [0.25, 0.3) is 0 Å². The van der Waals surface area contributed by atoms with Gasteiger partial charge in [-0.25, -0.2) is 4.98 Å². The van der Waals surface area contributed by atoms with Gasteiger partial charge in [-0.3, -0.25) is 0 Å². The number of hydrogen-bond donors (Lipinski definition) is 1. The highest BCUT2D eigenvalue weighted by atomic mass is 16.3. The first-order valence-corrected chi connectivity index (χ1v) is 3.93. The first kappa shape index (κ1) is 6.85. The zero-order chi connectivity index (χ0) is 7.84. The molecule has 1 saturated carbocycles. The fourth-order valence-electron chi connectivity index (χ4n) is 1.31. The minimum atomic E-state index is -0.289. The van der Waals surface area contributed by atoms with E-state index in [0.717, 1.165) is 18.5 Å². The smallest absolute Gasteiger partial charge is 0.0983 e. The van der Waals surface area contributed by atoms with Crippen molar-refractivity contribution in [3.05, 3.63) is 18.2 Å². The van der Waals surface area contributed by atoms with E-state index in [2.05, 4.69) is 4.98 Å². The van der Waals surface area contributed by atoms with Crippen molar-refractivity contribution in [1.82, 2.24) is 9.55 Å². The van der Waals surface area contributed by atoms with Crippen LogP contribution in [0.4, 0.5) is 0 Å². The van der Waals surface area contributed by atoms with Gasteiger partial charge in [0.25, 0.3) is 0 Å². The van der Waals surface area contributed by atoms with Gasteiger partial charge in [0.15, 0.2) is 0 Å². The summed E-state index contributed by atoms with van der Waals surface area (Å²) in [5.74, 6) is 0.491. The van der Waals surface area contributed by atoms with Crippen LogP contribution in [-0.2, 0) is 7.05 Å². The molecule has 0 spiro atoms. The van der Waals surface area contributed by atoms with Gasteiger partial charge < -0.3 is 9.67 Å². The molecule has 1 fully saturated rings. The van der Waals surface area contributed by atoms with Gasteiger partial charge >= 0.3 is 0 Å². The van der Waals surface area contributed by atoms with Gasteiger partial charge in [0.2, 0.25) is 0 Å². The van der Waals surface area contributed by atoms with E-state index in [1.165, 1.54) is 0 Å². The Morgan fingerprint density at radius 1 is 1.73 bits per heavy atom. The number of rotatable bonds is 2. The second kappa shape index (κ2) is 2.34. The average Bonchev–Trinajstić information content (AvgIpc) is 2.74. The van der Waals surface area contributed by atoms with Crippen molar-refractivity contribution in [2.24, 2.45) is 13.0 Å². The molecule has 1 aromatic heterocycles. The Hall–Kier alpha value is -0.830. The van der Waals surface area contributed by atoms with Crippen molar-refractivity contribution in [2.75, 3.05) is 0 Å². The van der Waals surface area contributed by atoms with E-state index >= 15 is 0 Å². The van der Waals surface area contributed by atoms with Crippen LogP contribution in [0, 0.1) is 5.92 Å². The maximum Gasteiger partial charge on any atom is 0.0983 e. The first-order chi connectivity index (χ1) is 5.29. The summed E-state index contributed by atoms with van der Waals surface area (Å²) in [5.41, 5.74) is 0.938. The lowest BCUT2D eigenvalue weighted by atomic mass is 10.2. The maximum absolute atomic E-state index is 9.67. The van der Waals surface area contributed by atoms with E-state index in [4.69, 9.17) is 0 Å². The van der Waals surface area contributed by atoms with Crippen molar-refractivity contribution >= 4 is 0 Å². The van der Waals surface area contributed by atoms with Crippen LogP contribution in [0.5, 0.6) is 0 Å². The van der Waals surface area contributed by atoms with Crippen LogP contribution in [0.15, 0.2) is 12.5 Å². The Labute approximate surface area is 65.7 Å². The van der Waals surface area contributed by atoms with Gasteiger partial charge in [0.1, 0.15) is 0 Å². The van der Waals surface area contributed by atoms with Crippen LogP contribution in [0.2, 0.25) is 0 Å². The van der Waals surface area contributed by atoms with E-state index in [0.29, 0.717) is 5.92 Å². The highest BCUT2D eigenvalue weighted by Gasteiger charge is 2.32. The number of aromatic nitrogens is 2. The predicted molar refractivity (Wildman–Crippen MR) is 40.9 cm³/mol. The second-order valence-electron chi connectivity index (χ2n) is 3.21. The quantitative estimate of drug-likeness (QED) is 0.682. The largest absolute Gasteiger partial charge is 0.387 e. The molecule has 11 heavy (non-hydrogen) atoms. The lowest BCUT2D eigenvalue weighted by Crippen LogP contribution is -2.04. The van der Waals surface area contributed by atoms with E-state index in [1.54, 1.807) is 12.5 Å². The summed E-state index contributed by atoms with van der Waals surface area (Å²) >= 11 is 0. The molecular formula is C8H12N2O. The molecule has 3 heteroatoms. The fraction of sp³-hybridized carbons (Fsp3) is 0.625. The normalized spacial score (nSPS) is 20.2. The van der Waals surface area contributed by atoms with Crippen molar-refractivity contribution in [3.63, 3.8) is 0 Å². The van der Waals surface area contributed by atoms with Crippen LogP contribution >= 0.6 is 0 Å². The molecule has 0 bridgehead atoms. The monoisotopic (exact) mass is 152 g/mol. The molecule has 0 amide bonds. The summed E-state index contributed by atoms with van der Waals surface area (Å²) < 4.78 is 1.88. The van der Waals surface area contributed by atoms with Crippen LogP contribution in [-0.4, -0.2) is 14.7 Å². The zero-order valence-electron chi connectivity index (χ0n) is 6.57. The third-order valence-corrected chi connectivity index (χ3v) is 2.23. The van der Waals surface area contributed by atoms with Gasteiger partial charge in [-0.2, -0.15) is 0 Å². The Balaban J connectivity index is 2.20. The van der Waals surface area contributed by atoms with E-state index < -0.39 is 0 Å². The number of nitrogens with zero attached hydrogens (tertiary/aromatic N) is 2.